The largest absolute Gasteiger partial charge is 0.383 e. The Morgan fingerprint density at radius 2 is 1.73 bits per heavy atom. The lowest BCUT2D eigenvalue weighted by atomic mass is 10.0. The third kappa shape index (κ3) is 8.09. The highest BCUT2D eigenvalue weighted by molar-refractivity contribution is 5.97. The Morgan fingerprint density at radius 1 is 0.898 bits per heavy atom. The minimum absolute atomic E-state index is 0.124. The molecule has 0 saturated carbocycles. The molecule has 49 heavy (non-hydrogen) atoms. The number of aromatic nitrogens is 5. The maximum Gasteiger partial charge on any atom is 0.270 e. The SMILES string of the molecule is Cn1cccc1-c1nnc2ccc(C(=O)N3CCCC(=O)NCCNc4ccnc(c4)C(=O)N[C@@H](Cc4ccccc4)C(=O)NCC3)cn12. The highest BCUT2D eigenvalue weighted by Gasteiger charge is 2.24. The Kier molecular flexibility index (Phi) is 10.2. The van der Waals surface area contributed by atoms with Crippen molar-refractivity contribution in [1.29, 1.82) is 0 Å². The van der Waals surface area contributed by atoms with Gasteiger partial charge in [-0.05, 0) is 48.4 Å². The molecule has 6 rings (SSSR count). The number of carbonyl (C=O) groups is 4. The lowest BCUT2D eigenvalue weighted by molar-refractivity contribution is -0.123. The van der Waals surface area contributed by atoms with Crippen LogP contribution in [0.1, 0.15) is 39.3 Å². The summed E-state index contributed by atoms with van der Waals surface area (Å²) < 4.78 is 3.70. The quantitative estimate of drug-likeness (QED) is 0.227. The molecule has 0 unspecified atom stereocenters. The van der Waals surface area contributed by atoms with Crippen molar-refractivity contribution in [2.24, 2.45) is 7.05 Å². The third-order valence-electron chi connectivity index (χ3n) is 8.30. The molecule has 0 radical (unpaired) electrons. The predicted molar refractivity (Wildman–Crippen MR) is 183 cm³/mol. The number of pyridine rings is 2. The molecule has 14 nitrogen and oxygen atoms in total. The molecule has 14 heteroatoms. The van der Waals surface area contributed by atoms with Gasteiger partial charge in [-0.2, -0.15) is 0 Å². The van der Waals surface area contributed by atoms with Crippen molar-refractivity contribution in [2.45, 2.75) is 25.3 Å². The summed E-state index contributed by atoms with van der Waals surface area (Å²) in [6, 6.07) is 19.1. The van der Waals surface area contributed by atoms with E-state index in [0.29, 0.717) is 42.2 Å². The fraction of sp³-hybridized carbons (Fsp3) is 0.286. The smallest absolute Gasteiger partial charge is 0.270 e. The number of benzene rings is 1. The van der Waals surface area contributed by atoms with Crippen LogP contribution in [0.2, 0.25) is 0 Å². The number of hydrogen-bond acceptors (Lipinski definition) is 8. The third-order valence-corrected chi connectivity index (χ3v) is 8.30. The van der Waals surface area contributed by atoms with Crippen LogP contribution in [-0.2, 0) is 23.1 Å². The number of anilines is 1. The second kappa shape index (κ2) is 15.2. The van der Waals surface area contributed by atoms with Gasteiger partial charge in [0.2, 0.25) is 11.8 Å². The van der Waals surface area contributed by atoms with Crippen LogP contribution >= 0.6 is 0 Å². The van der Waals surface area contributed by atoms with E-state index in [1.165, 1.54) is 6.20 Å². The molecule has 1 aromatic carbocycles. The fourth-order valence-electron chi connectivity index (χ4n) is 5.70. The van der Waals surface area contributed by atoms with Gasteiger partial charge >= 0.3 is 0 Å². The molecular weight excluding hydrogens is 624 g/mol. The lowest BCUT2D eigenvalue weighted by Crippen LogP contribution is -2.50. The van der Waals surface area contributed by atoms with Gasteiger partial charge in [0.15, 0.2) is 11.5 Å². The Morgan fingerprint density at radius 3 is 2.55 bits per heavy atom. The fourth-order valence-corrected chi connectivity index (χ4v) is 5.70. The van der Waals surface area contributed by atoms with Crippen LogP contribution in [0.25, 0.3) is 17.2 Å². The maximum absolute atomic E-state index is 14.0. The first-order valence-electron chi connectivity index (χ1n) is 16.2. The summed E-state index contributed by atoms with van der Waals surface area (Å²) in [5.41, 5.74) is 3.52. The summed E-state index contributed by atoms with van der Waals surface area (Å²) in [6.45, 7) is 1.38. The summed E-state index contributed by atoms with van der Waals surface area (Å²) in [7, 11) is 1.91. The Bertz CT molecular complexity index is 1950. The van der Waals surface area contributed by atoms with Crippen LogP contribution in [0.15, 0.2) is 85.3 Å². The van der Waals surface area contributed by atoms with Crippen molar-refractivity contribution in [3.8, 4) is 11.5 Å². The minimum atomic E-state index is -0.895. The molecule has 5 aromatic rings. The van der Waals surface area contributed by atoms with E-state index in [0.717, 1.165) is 11.3 Å². The number of amides is 4. The molecule has 5 heterocycles. The number of nitrogens with one attached hydrogen (secondary N) is 4. The average Bonchev–Trinajstić information content (AvgIpc) is 3.74. The summed E-state index contributed by atoms with van der Waals surface area (Å²) in [5, 5.41) is 20.4. The summed E-state index contributed by atoms with van der Waals surface area (Å²) in [6.07, 6.45) is 6.03. The predicted octanol–water partition coefficient (Wildman–Crippen LogP) is 2.05. The van der Waals surface area contributed by atoms with Crippen LogP contribution in [0.5, 0.6) is 0 Å². The normalized spacial score (nSPS) is 16.8. The number of aryl methyl sites for hydroxylation is 1. The number of nitrogens with zero attached hydrogens (tertiary/aromatic N) is 6. The van der Waals surface area contributed by atoms with Crippen LogP contribution in [-0.4, -0.2) is 91.4 Å². The standard InChI is InChI=1S/C35H38N10O4/c1-43-18-5-9-29(43)32-42-41-30-12-11-25(23-45(30)32)35(49)44-19-6-10-31(46)38-16-15-36-26-13-14-37-27(22-26)34(48)40-28(33(47)39-17-20-44)21-24-7-3-2-4-8-24/h2-5,7-9,11-14,18,22-23,28,36H,6,10,15-17,19-21H2,1H3,(H,38,46)(H,39,47)(H,40,48)/t28-/m0/s1. The van der Waals surface area contributed by atoms with E-state index in [1.807, 2.05) is 60.3 Å². The van der Waals surface area contributed by atoms with E-state index in [-0.39, 0.29) is 50.0 Å². The lowest BCUT2D eigenvalue weighted by Gasteiger charge is -2.24. The topological polar surface area (TPSA) is 168 Å². The zero-order valence-corrected chi connectivity index (χ0v) is 27.1. The first-order chi connectivity index (χ1) is 23.9. The molecule has 1 aliphatic heterocycles. The molecule has 0 saturated heterocycles. The Hall–Kier alpha value is -6.05. The van der Waals surface area contributed by atoms with Crippen LogP contribution in [0.3, 0.4) is 0 Å². The van der Waals surface area contributed by atoms with Crippen molar-refractivity contribution in [1.82, 2.24) is 45.0 Å². The zero-order valence-electron chi connectivity index (χ0n) is 27.1. The van der Waals surface area contributed by atoms with E-state index >= 15 is 0 Å². The van der Waals surface area contributed by atoms with Crippen molar-refractivity contribution >= 4 is 35.0 Å². The number of rotatable bonds is 4. The molecule has 2 bridgehead atoms. The van der Waals surface area contributed by atoms with E-state index < -0.39 is 17.9 Å². The second-order valence-corrected chi connectivity index (χ2v) is 11.8. The molecular formula is C35H38N10O4. The summed E-state index contributed by atoms with van der Waals surface area (Å²) in [5.74, 6) is -0.704. The van der Waals surface area contributed by atoms with Gasteiger partial charge in [0, 0.05) is 76.9 Å². The summed E-state index contributed by atoms with van der Waals surface area (Å²) >= 11 is 0. The van der Waals surface area contributed by atoms with E-state index in [1.54, 1.807) is 39.8 Å². The van der Waals surface area contributed by atoms with Gasteiger partial charge in [-0.15, -0.1) is 10.2 Å². The van der Waals surface area contributed by atoms with Gasteiger partial charge in [-0.25, -0.2) is 0 Å². The van der Waals surface area contributed by atoms with Gasteiger partial charge < -0.3 is 30.7 Å². The van der Waals surface area contributed by atoms with Gasteiger partial charge in [-0.1, -0.05) is 30.3 Å². The number of fused-ring (bicyclic) bond motifs is 3. The van der Waals surface area contributed by atoms with Crippen LogP contribution in [0.4, 0.5) is 5.69 Å². The molecule has 4 N–H and O–H groups in total. The Labute approximate surface area is 282 Å². The van der Waals surface area contributed by atoms with Gasteiger partial charge in [0.1, 0.15) is 11.7 Å². The van der Waals surface area contributed by atoms with Crippen molar-refractivity contribution in [2.75, 3.05) is 38.0 Å². The molecule has 0 aliphatic carbocycles. The first-order valence-corrected chi connectivity index (χ1v) is 16.2. The average molecular weight is 663 g/mol. The van der Waals surface area contributed by atoms with Gasteiger partial charge in [0.25, 0.3) is 11.8 Å². The molecule has 4 amide bonds. The van der Waals surface area contributed by atoms with Crippen molar-refractivity contribution < 1.29 is 19.2 Å². The second-order valence-electron chi connectivity index (χ2n) is 11.8. The first kappa shape index (κ1) is 32.9. The molecule has 1 atom stereocenters. The van der Waals surface area contributed by atoms with E-state index in [4.69, 9.17) is 0 Å². The molecule has 0 spiro atoms. The van der Waals surface area contributed by atoms with Crippen LogP contribution in [0, 0.1) is 0 Å². The Balaban J connectivity index is 1.23. The minimum Gasteiger partial charge on any atom is -0.383 e. The zero-order chi connectivity index (χ0) is 34.2. The number of hydrogen-bond donors (Lipinski definition) is 4. The molecule has 252 valence electrons. The maximum atomic E-state index is 14.0. The van der Waals surface area contributed by atoms with Crippen LogP contribution < -0.4 is 21.3 Å². The molecule has 4 aromatic heterocycles. The van der Waals surface area contributed by atoms with Gasteiger partial charge in [-0.3, -0.25) is 28.6 Å². The van der Waals surface area contributed by atoms with Gasteiger partial charge in [0.05, 0.1) is 11.3 Å². The highest BCUT2D eigenvalue weighted by atomic mass is 16.2. The summed E-state index contributed by atoms with van der Waals surface area (Å²) in [4.78, 5) is 59.3. The molecule has 1 aliphatic rings. The molecule has 0 fully saturated rings. The van der Waals surface area contributed by atoms with Crippen molar-refractivity contribution in [3.05, 3.63) is 102 Å². The van der Waals surface area contributed by atoms with E-state index in [2.05, 4.69) is 36.4 Å². The number of carbonyl (C=O) groups excluding carboxylic acids is 4. The van der Waals surface area contributed by atoms with Crippen molar-refractivity contribution in [3.63, 3.8) is 0 Å². The van der Waals surface area contributed by atoms with E-state index in [9.17, 15) is 19.2 Å². The highest BCUT2D eigenvalue weighted by Crippen LogP contribution is 2.20. The monoisotopic (exact) mass is 662 g/mol.